The Morgan fingerprint density at radius 1 is 1.12 bits per heavy atom. The van der Waals surface area contributed by atoms with Crippen molar-refractivity contribution in [1.29, 1.82) is 0 Å². The van der Waals surface area contributed by atoms with Crippen molar-refractivity contribution in [2.24, 2.45) is 0 Å². The molecule has 0 spiro atoms. The van der Waals surface area contributed by atoms with Crippen LogP contribution >= 0.6 is 0 Å². The number of ether oxygens (including phenoxy) is 3. The van der Waals surface area contributed by atoms with Crippen LogP contribution in [0.1, 0.15) is 24.2 Å². The van der Waals surface area contributed by atoms with Crippen molar-refractivity contribution >= 4 is 23.6 Å². The first kappa shape index (κ1) is 23.1. The van der Waals surface area contributed by atoms with E-state index in [0.29, 0.717) is 30.2 Å². The Hall–Kier alpha value is -3.59. The molecule has 3 amide bonds. The van der Waals surface area contributed by atoms with Crippen LogP contribution < -0.4 is 15.4 Å². The van der Waals surface area contributed by atoms with Crippen molar-refractivity contribution in [3.8, 4) is 5.75 Å². The number of amides is 3. The minimum Gasteiger partial charge on any atom is -0.497 e. The Balaban J connectivity index is 1.87. The lowest BCUT2D eigenvalue weighted by atomic mass is 10.00. The number of carbonyl (C=O) groups is 3. The van der Waals surface area contributed by atoms with Gasteiger partial charge in [0.05, 0.1) is 20.3 Å². The maximum Gasteiger partial charge on any atom is 0.411 e. The van der Waals surface area contributed by atoms with Gasteiger partial charge in [0.25, 0.3) is 0 Å². The van der Waals surface area contributed by atoms with Gasteiger partial charge in [0, 0.05) is 26.3 Å². The lowest BCUT2D eigenvalue weighted by molar-refractivity contribution is -0.126. The highest BCUT2D eigenvalue weighted by Gasteiger charge is 2.46. The molecule has 0 aromatic heterocycles. The van der Waals surface area contributed by atoms with E-state index in [9.17, 15) is 14.4 Å². The fraction of sp³-hybridized carbons (Fsp3) is 0.348. The molecule has 2 unspecified atom stereocenters. The minimum atomic E-state index is -0.878. The van der Waals surface area contributed by atoms with E-state index in [1.807, 2.05) is 18.2 Å². The largest absolute Gasteiger partial charge is 0.497 e. The molecule has 1 saturated heterocycles. The summed E-state index contributed by atoms with van der Waals surface area (Å²) in [5, 5.41) is 5.49. The number of hydrogen-bond donors (Lipinski definition) is 2. The molecule has 0 bridgehead atoms. The summed E-state index contributed by atoms with van der Waals surface area (Å²) in [6.07, 6.45) is -1.39. The minimum absolute atomic E-state index is 0.179. The number of anilines is 1. The SMILES string of the molecule is COCCNC(=O)C1C(c2ccc(NC(C)=O)cc2)OC(=O)N1Cc1cccc(OC)c1. The first-order valence-corrected chi connectivity index (χ1v) is 10.2. The van der Waals surface area contributed by atoms with Gasteiger partial charge < -0.3 is 24.8 Å². The lowest BCUT2D eigenvalue weighted by Gasteiger charge is -2.24. The van der Waals surface area contributed by atoms with Crippen LogP contribution in [-0.2, 0) is 25.6 Å². The molecule has 1 fully saturated rings. The fourth-order valence-electron chi connectivity index (χ4n) is 3.52. The Bertz CT molecular complexity index is 962. The molecule has 0 saturated carbocycles. The van der Waals surface area contributed by atoms with E-state index >= 15 is 0 Å². The monoisotopic (exact) mass is 441 g/mol. The molecule has 2 N–H and O–H groups in total. The van der Waals surface area contributed by atoms with Crippen LogP contribution in [0.5, 0.6) is 5.75 Å². The number of benzene rings is 2. The predicted molar refractivity (Wildman–Crippen MR) is 117 cm³/mol. The highest BCUT2D eigenvalue weighted by atomic mass is 16.6. The van der Waals surface area contributed by atoms with Crippen LogP contribution in [0.15, 0.2) is 48.5 Å². The molecule has 9 nitrogen and oxygen atoms in total. The first-order valence-electron chi connectivity index (χ1n) is 10.2. The first-order chi connectivity index (χ1) is 15.4. The summed E-state index contributed by atoms with van der Waals surface area (Å²) in [4.78, 5) is 38.5. The van der Waals surface area contributed by atoms with E-state index in [1.54, 1.807) is 44.6 Å². The maximum atomic E-state index is 13.1. The maximum absolute atomic E-state index is 13.1. The summed E-state index contributed by atoms with van der Waals surface area (Å²) in [5.41, 5.74) is 2.06. The molecule has 1 aliphatic heterocycles. The van der Waals surface area contributed by atoms with E-state index in [-0.39, 0.29) is 18.4 Å². The molecule has 0 radical (unpaired) electrons. The van der Waals surface area contributed by atoms with Gasteiger partial charge >= 0.3 is 6.09 Å². The van der Waals surface area contributed by atoms with Gasteiger partial charge in [-0.3, -0.25) is 14.5 Å². The summed E-state index contributed by atoms with van der Waals surface area (Å²) in [6.45, 7) is 2.25. The molecule has 3 rings (SSSR count). The smallest absolute Gasteiger partial charge is 0.411 e. The van der Waals surface area contributed by atoms with Crippen LogP contribution in [-0.4, -0.2) is 56.2 Å². The second kappa shape index (κ2) is 10.6. The van der Waals surface area contributed by atoms with Crippen LogP contribution in [0.3, 0.4) is 0 Å². The number of rotatable bonds is 9. The second-order valence-corrected chi connectivity index (χ2v) is 7.32. The van der Waals surface area contributed by atoms with Crippen molar-refractivity contribution < 1.29 is 28.6 Å². The van der Waals surface area contributed by atoms with Crippen molar-refractivity contribution in [3.05, 3.63) is 59.7 Å². The van der Waals surface area contributed by atoms with Crippen LogP contribution in [0.4, 0.5) is 10.5 Å². The molecule has 0 aliphatic carbocycles. The van der Waals surface area contributed by atoms with Crippen molar-refractivity contribution in [2.45, 2.75) is 25.6 Å². The zero-order valence-corrected chi connectivity index (χ0v) is 18.3. The summed E-state index contributed by atoms with van der Waals surface area (Å²) in [7, 11) is 3.11. The number of nitrogens with zero attached hydrogens (tertiary/aromatic N) is 1. The van der Waals surface area contributed by atoms with E-state index in [2.05, 4.69) is 10.6 Å². The molecule has 170 valence electrons. The van der Waals surface area contributed by atoms with Crippen LogP contribution in [0.25, 0.3) is 0 Å². The topological polar surface area (TPSA) is 106 Å². The molecule has 1 heterocycles. The van der Waals surface area contributed by atoms with E-state index in [1.165, 1.54) is 11.8 Å². The lowest BCUT2D eigenvalue weighted by Crippen LogP contribution is -2.47. The number of cyclic esters (lactones) is 1. The summed E-state index contributed by atoms with van der Waals surface area (Å²) < 4.78 is 15.9. The zero-order chi connectivity index (χ0) is 23.1. The standard InChI is InChI=1S/C23H27N3O6/c1-15(27)25-18-9-7-17(8-10-18)21-20(22(28)24-11-12-30-2)26(23(29)32-21)14-16-5-4-6-19(13-16)31-3/h4-10,13,20-21H,11-12,14H2,1-3H3,(H,24,28)(H,25,27). The van der Waals surface area contributed by atoms with E-state index in [4.69, 9.17) is 14.2 Å². The zero-order valence-electron chi connectivity index (χ0n) is 18.3. The Kier molecular flexibility index (Phi) is 7.67. The number of methoxy groups -OCH3 is 2. The summed E-state index contributed by atoms with van der Waals surface area (Å²) >= 11 is 0. The van der Waals surface area contributed by atoms with Gasteiger partial charge in [-0.05, 0) is 35.4 Å². The molecular formula is C23H27N3O6. The molecule has 2 aromatic rings. The molecule has 2 aromatic carbocycles. The van der Waals surface area contributed by atoms with Gasteiger partial charge in [-0.25, -0.2) is 4.79 Å². The highest BCUT2D eigenvalue weighted by molar-refractivity contribution is 5.90. The Morgan fingerprint density at radius 3 is 2.53 bits per heavy atom. The van der Waals surface area contributed by atoms with Crippen LogP contribution in [0.2, 0.25) is 0 Å². The summed E-state index contributed by atoms with van der Waals surface area (Å²) in [6, 6.07) is 13.3. The van der Waals surface area contributed by atoms with Gasteiger partial charge in [-0.15, -0.1) is 0 Å². The Labute approximate surface area is 186 Å². The third kappa shape index (κ3) is 5.55. The second-order valence-electron chi connectivity index (χ2n) is 7.32. The molecule has 32 heavy (non-hydrogen) atoms. The van der Waals surface area contributed by atoms with Gasteiger partial charge in [0.1, 0.15) is 5.75 Å². The summed E-state index contributed by atoms with van der Waals surface area (Å²) in [5.74, 6) is 0.123. The average molecular weight is 441 g/mol. The van der Waals surface area contributed by atoms with Crippen molar-refractivity contribution in [1.82, 2.24) is 10.2 Å². The fourth-order valence-corrected chi connectivity index (χ4v) is 3.52. The number of carbonyl (C=O) groups excluding carboxylic acids is 3. The third-order valence-corrected chi connectivity index (χ3v) is 5.01. The quantitative estimate of drug-likeness (QED) is 0.579. The number of nitrogens with one attached hydrogen (secondary N) is 2. The van der Waals surface area contributed by atoms with Crippen molar-refractivity contribution in [2.75, 3.05) is 32.7 Å². The third-order valence-electron chi connectivity index (χ3n) is 5.01. The Morgan fingerprint density at radius 2 is 1.88 bits per heavy atom. The molecular weight excluding hydrogens is 414 g/mol. The highest BCUT2D eigenvalue weighted by Crippen LogP contribution is 2.34. The van der Waals surface area contributed by atoms with Gasteiger partial charge in [-0.2, -0.15) is 0 Å². The normalized spacial score (nSPS) is 17.6. The van der Waals surface area contributed by atoms with Crippen LogP contribution in [0, 0.1) is 0 Å². The predicted octanol–water partition coefficient (Wildman–Crippen LogP) is 2.48. The molecule has 9 heteroatoms. The molecule has 2 atom stereocenters. The van der Waals surface area contributed by atoms with Gasteiger partial charge in [0.2, 0.25) is 11.8 Å². The molecule has 1 aliphatic rings. The van der Waals surface area contributed by atoms with Gasteiger partial charge in [-0.1, -0.05) is 24.3 Å². The van der Waals surface area contributed by atoms with Crippen molar-refractivity contribution in [3.63, 3.8) is 0 Å². The van der Waals surface area contributed by atoms with E-state index < -0.39 is 18.2 Å². The number of hydrogen-bond acceptors (Lipinski definition) is 6. The average Bonchev–Trinajstić information content (AvgIpc) is 3.10. The van der Waals surface area contributed by atoms with Gasteiger partial charge in [0.15, 0.2) is 12.1 Å². The van der Waals surface area contributed by atoms with E-state index in [0.717, 1.165) is 5.56 Å².